The second kappa shape index (κ2) is 5.89. The Hall–Kier alpha value is -2.60. The van der Waals surface area contributed by atoms with Gasteiger partial charge in [0.25, 0.3) is 5.91 Å². The molecule has 1 amide bonds. The Kier molecular flexibility index (Phi) is 3.92. The summed E-state index contributed by atoms with van der Waals surface area (Å²) in [7, 11) is 0. The van der Waals surface area contributed by atoms with E-state index in [1.54, 1.807) is 12.1 Å². The molecule has 0 aromatic heterocycles. The van der Waals surface area contributed by atoms with Gasteiger partial charge in [-0.1, -0.05) is 50.2 Å². The summed E-state index contributed by atoms with van der Waals surface area (Å²) in [5.41, 5.74) is 4.16. The van der Waals surface area contributed by atoms with Crippen LogP contribution in [0.25, 0.3) is 0 Å². The van der Waals surface area contributed by atoms with Crippen LogP contribution in [0.1, 0.15) is 53.4 Å². The highest BCUT2D eigenvalue weighted by molar-refractivity contribution is 5.94. The molecular formula is C20H20N2O. The molecule has 0 fully saturated rings. The van der Waals surface area contributed by atoms with Crippen molar-refractivity contribution in [1.29, 1.82) is 5.26 Å². The van der Waals surface area contributed by atoms with Crippen molar-refractivity contribution in [3.63, 3.8) is 0 Å². The number of benzene rings is 2. The van der Waals surface area contributed by atoms with Crippen molar-refractivity contribution in [1.82, 2.24) is 5.32 Å². The van der Waals surface area contributed by atoms with E-state index in [0.717, 1.165) is 12.0 Å². The van der Waals surface area contributed by atoms with E-state index in [1.807, 2.05) is 18.2 Å². The van der Waals surface area contributed by atoms with Crippen LogP contribution in [0, 0.1) is 11.3 Å². The third-order valence-electron chi connectivity index (χ3n) is 4.58. The summed E-state index contributed by atoms with van der Waals surface area (Å²) in [5.74, 6) is -0.0639. The van der Waals surface area contributed by atoms with E-state index in [-0.39, 0.29) is 17.4 Å². The molecule has 23 heavy (non-hydrogen) atoms. The number of fused-ring (bicyclic) bond motifs is 1. The van der Waals surface area contributed by atoms with E-state index in [0.29, 0.717) is 12.0 Å². The summed E-state index contributed by atoms with van der Waals surface area (Å²) in [4.78, 5) is 12.5. The van der Waals surface area contributed by atoms with Gasteiger partial charge >= 0.3 is 0 Å². The molecule has 0 saturated carbocycles. The first-order valence-corrected chi connectivity index (χ1v) is 7.87. The van der Waals surface area contributed by atoms with Crippen LogP contribution in [0.5, 0.6) is 0 Å². The molecule has 1 N–H and O–H groups in total. The van der Waals surface area contributed by atoms with E-state index in [1.165, 1.54) is 11.1 Å². The lowest BCUT2D eigenvalue weighted by atomic mass is 9.86. The Morgan fingerprint density at radius 3 is 2.61 bits per heavy atom. The number of nitrogens with one attached hydrogen (secondary N) is 1. The number of hydrogen-bond donors (Lipinski definition) is 1. The number of hydrogen-bond acceptors (Lipinski definition) is 2. The number of nitriles is 1. The van der Waals surface area contributed by atoms with Gasteiger partial charge in [-0.3, -0.25) is 4.79 Å². The van der Waals surface area contributed by atoms with Crippen molar-refractivity contribution in [2.75, 3.05) is 0 Å². The highest BCUT2D eigenvalue weighted by Crippen LogP contribution is 2.44. The Balaban J connectivity index is 1.78. The van der Waals surface area contributed by atoms with Crippen molar-refractivity contribution >= 4 is 5.91 Å². The Bertz CT molecular complexity index is 769. The SMILES string of the molecule is CC1(C)CC(NC(=O)c2ccc(CC#N)cc2)c2ccccc21. The maximum absolute atomic E-state index is 12.5. The number of carbonyl (C=O) groups is 1. The minimum atomic E-state index is -0.0639. The molecule has 1 unspecified atom stereocenters. The fraction of sp³-hybridized carbons (Fsp3) is 0.300. The quantitative estimate of drug-likeness (QED) is 0.935. The summed E-state index contributed by atoms with van der Waals surface area (Å²) in [6, 6.07) is 17.7. The van der Waals surface area contributed by atoms with Crippen molar-refractivity contribution in [3.05, 3.63) is 70.8 Å². The largest absolute Gasteiger partial charge is 0.345 e. The predicted molar refractivity (Wildman–Crippen MR) is 90.1 cm³/mol. The van der Waals surface area contributed by atoms with Crippen molar-refractivity contribution in [2.45, 2.75) is 38.1 Å². The summed E-state index contributed by atoms with van der Waals surface area (Å²) in [5, 5.41) is 11.9. The van der Waals surface area contributed by atoms with Gasteiger partial charge in [-0.15, -0.1) is 0 Å². The van der Waals surface area contributed by atoms with Crippen LogP contribution in [0.15, 0.2) is 48.5 Å². The molecule has 1 aliphatic rings. The highest BCUT2D eigenvalue weighted by Gasteiger charge is 2.37. The standard InChI is InChI=1S/C20H20N2O/c1-20(2)13-18(16-5-3-4-6-17(16)20)22-19(23)15-9-7-14(8-10-15)11-12-21/h3-10,18H,11,13H2,1-2H3,(H,22,23). The lowest BCUT2D eigenvalue weighted by molar-refractivity contribution is 0.0934. The van der Waals surface area contributed by atoms with Gasteiger partial charge in [0.05, 0.1) is 18.5 Å². The van der Waals surface area contributed by atoms with Crippen LogP contribution in [-0.2, 0) is 11.8 Å². The molecule has 3 rings (SSSR count). The van der Waals surface area contributed by atoms with Crippen molar-refractivity contribution in [3.8, 4) is 6.07 Å². The van der Waals surface area contributed by atoms with Crippen LogP contribution in [0.2, 0.25) is 0 Å². The predicted octanol–water partition coefficient (Wildman–Crippen LogP) is 3.91. The van der Waals surface area contributed by atoms with Crippen LogP contribution in [0.3, 0.4) is 0 Å². The zero-order valence-electron chi connectivity index (χ0n) is 13.5. The molecular weight excluding hydrogens is 284 g/mol. The summed E-state index contributed by atoms with van der Waals surface area (Å²) >= 11 is 0. The van der Waals surface area contributed by atoms with E-state index in [2.05, 4.69) is 43.4 Å². The lowest BCUT2D eigenvalue weighted by Gasteiger charge is -2.19. The van der Waals surface area contributed by atoms with E-state index >= 15 is 0 Å². The number of carbonyl (C=O) groups excluding carboxylic acids is 1. The second-order valence-electron chi connectivity index (χ2n) is 6.73. The minimum Gasteiger partial charge on any atom is -0.345 e. The third-order valence-corrected chi connectivity index (χ3v) is 4.58. The first-order valence-electron chi connectivity index (χ1n) is 7.87. The van der Waals surface area contributed by atoms with Crippen LogP contribution >= 0.6 is 0 Å². The first-order chi connectivity index (χ1) is 11.0. The topological polar surface area (TPSA) is 52.9 Å². The van der Waals surface area contributed by atoms with Gasteiger partial charge in [-0.2, -0.15) is 5.26 Å². The smallest absolute Gasteiger partial charge is 0.251 e. The number of nitrogens with zero attached hydrogens (tertiary/aromatic N) is 1. The summed E-state index contributed by atoms with van der Waals surface area (Å²) < 4.78 is 0. The fourth-order valence-corrected chi connectivity index (χ4v) is 3.38. The maximum atomic E-state index is 12.5. The van der Waals surface area contributed by atoms with Crippen LogP contribution in [0.4, 0.5) is 0 Å². The molecule has 1 atom stereocenters. The van der Waals surface area contributed by atoms with E-state index in [4.69, 9.17) is 5.26 Å². The maximum Gasteiger partial charge on any atom is 0.251 e. The molecule has 3 heteroatoms. The number of amides is 1. The molecule has 1 aliphatic carbocycles. The zero-order valence-corrected chi connectivity index (χ0v) is 13.5. The van der Waals surface area contributed by atoms with Gasteiger partial charge in [-0.05, 0) is 40.7 Å². The van der Waals surface area contributed by atoms with Crippen LogP contribution < -0.4 is 5.32 Å². The average molecular weight is 304 g/mol. The summed E-state index contributed by atoms with van der Waals surface area (Å²) in [6.07, 6.45) is 1.27. The lowest BCUT2D eigenvalue weighted by Crippen LogP contribution is -2.28. The van der Waals surface area contributed by atoms with Gasteiger partial charge in [0.2, 0.25) is 0 Å². The molecule has 2 aromatic rings. The van der Waals surface area contributed by atoms with Crippen molar-refractivity contribution in [2.24, 2.45) is 0 Å². The Morgan fingerprint density at radius 2 is 1.91 bits per heavy atom. The van der Waals surface area contributed by atoms with Gasteiger partial charge in [0.1, 0.15) is 0 Å². The molecule has 0 bridgehead atoms. The Morgan fingerprint density at radius 1 is 1.22 bits per heavy atom. The zero-order chi connectivity index (χ0) is 16.4. The number of rotatable bonds is 3. The second-order valence-corrected chi connectivity index (χ2v) is 6.73. The molecule has 0 radical (unpaired) electrons. The Labute approximate surface area is 137 Å². The normalized spacial score (nSPS) is 18.0. The fourth-order valence-electron chi connectivity index (χ4n) is 3.38. The van der Waals surface area contributed by atoms with E-state index in [9.17, 15) is 4.79 Å². The molecule has 3 nitrogen and oxygen atoms in total. The van der Waals surface area contributed by atoms with Crippen molar-refractivity contribution < 1.29 is 4.79 Å². The molecule has 0 saturated heterocycles. The molecule has 2 aromatic carbocycles. The molecule has 0 aliphatic heterocycles. The van der Waals surface area contributed by atoms with E-state index < -0.39 is 0 Å². The van der Waals surface area contributed by atoms with Gasteiger partial charge in [0, 0.05) is 5.56 Å². The average Bonchev–Trinajstić information content (AvgIpc) is 2.80. The summed E-state index contributed by atoms with van der Waals surface area (Å²) in [6.45, 7) is 4.43. The third kappa shape index (κ3) is 2.98. The monoisotopic (exact) mass is 304 g/mol. The minimum absolute atomic E-state index is 0.0486. The molecule has 0 heterocycles. The highest BCUT2D eigenvalue weighted by atomic mass is 16.1. The molecule has 116 valence electrons. The van der Waals surface area contributed by atoms with Gasteiger partial charge in [-0.25, -0.2) is 0 Å². The molecule has 0 spiro atoms. The first kappa shape index (κ1) is 15.3. The van der Waals surface area contributed by atoms with Gasteiger partial charge < -0.3 is 5.32 Å². The van der Waals surface area contributed by atoms with Gasteiger partial charge in [0.15, 0.2) is 0 Å². The van der Waals surface area contributed by atoms with Crippen LogP contribution in [-0.4, -0.2) is 5.91 Å².